The first kappa shape index (κ1) is 98.7. The summed E-state index contributed by atoms with van der Waals surface area (Å²) in [5, 5.41) is 14.0. The summed E-state index contributed by atoms with van der Waals surface area (Å²) >= 11 is 0. The van der Waals surface area contributed by atoms with Crippen LogP contribution in [-0.2, 0) is 19.3 Å². The van der Waals surface area contributed by atoms with Crippen molar-refractivity contribution in [2.75, 3.05) is 0 Å². The molecule has 0 aliphatic heterocycles. The molecule has 12 heteroatoms. The van der Waals surface area contributed by atoms with E-state index in [1.807, 2.05) is 24.3 Å². The molecule has 24 aromatic rings. The van der Waals surface area contributed by atoms with Gasteiger partial charge in [-0.15, -0.1) is 0 Å². The van der Waals surface area contributed by atoms with Gasteiger partial charge in [0.05, 0.1) is 135 Å². The van der Waals surface area contributed by atoms with Crippen molar-refractivity contribution in [3.8, 4) is 68.3 Å². The monoisotopic (exact) mass is 1890 g/mol. The molecule has 0 atom stereocenters. The lowest BCUT2D eigenvalue weighted by molar-refractivity contribution is 1.09. The lowest BCUT2D eigenvalue weighted by Crippen LogP contribution is -2.01. The molecule has 0 unspecified atom stereocenters. The van der Waals surface area contributed by atoms with Gasteiger partial charge in [-0.1, -0.05) is 329 Å². The number of fused-ring (bicyclic) bond motifs is 12. The van der Waals surface area contributed by atoms with Crippen LogP contribution < -0.4 is 0 Å². The molecule has 0 radical (unpaired) electrons. The Labute approximate surface area is 851 Å². The van der Waals surface area contributed by atoms with Crippen molar-refractivity contribution in [1.82, 2.24) is 59.8 Å². The van der Waals surface area contributed by atoms with Crippen molar-refractivity contribution >= 4 is 131 Å². The number of aromatic nitrogens is 12. The highest BCUT2D eigenvalue weighted by atomic mass is 14.8. The van der Waals surface area contributed by atoms with Gasteiger partial charge >= 0.3 is 0 Å². The van der Waals surface area contributed by atoms with Crippen LogP contribution in [-0.4, -0.2) is 59.8 Å². The molecular weight excluding hydrogens is 1770 g/mol. The quantitative estimate of drug-likeness (QED) is 0.121. The minimum Gasteiger partial charge on any atom is -0.246 e. The standard InChI is InChI=1S/C43H36N4.C41H32N4.2C20H16N2.3C3H8/c1-6-29-22-38(46-41-26(3)12-8-16-33(29)41)39-24-32(35-18-10-14-28(5)43(35)47-39)21-31-23-37(45-42-27(4)13-9-17-34(31)42)36-20-19-30-15-7-11-25(2)40(30)44-36;1-24-9-5-13-28-17-19-34(42-38(24)28)36-22-30(32-15-7-11-26(3)40(32)44-36)21-31-23-37(45-41-27(4)12-8-16-33(31)41)35-20-18-29-14-6-10-25(2)39(29)43-35;2*1-13-5-3-7-15-9-11-17(21-19(13)15)18-12-10-16-8-4-6-14(2)20(16)22-18;3*1-3-2/h7-20,22-24H,6,21H2,1-5H3;5-20,22-23H,21H2,1-4H3;2*3-12H,1-2H3;3*3H2,1-2H3. The summed E-state index contributed by atoms with van der Waals surface area (Å²) in [5.41, 5.74) is 43.4. The maximum atomic E-state index is 5.25. The van der Waals surface area contributed by atoms with Crippen LogP contribution in [0.2, 0.25) is 0 Å². The zero-order valence-corrected chi connectivity index (χ0v) is 86.9. The highest BCUT2D eigenvalue weighted by Gasteiger charge is 2.22. The summed E-state index contributed by atoms with van der Waals surface area (Å²) in [4.78, 5) is 60.6. The van der Waals surface area contributed by atoms with Gasteiger partial charge in [-0.05, 0) is 270 Å². The van der Waals surface area contributed by atoms with Crippen LogP contribution in [0.1, 0.15) is 162 Å². The van der Waals surface area contributed by atoms with Crippen LogP contribution in [0.4, 0.5) is 0 Å². The lowest BCUT2D eigenvalue weighted by Gasteiger charge is -2.16. The van der Waals surface area contributed by atoms with E-state index in [9.17, 15) is 0 Å². The minimum absolute atomic E-state index is 0.726. The molecule has 716 valence electrons. The Morgan fingerprint density at radius 3 is 0.441 bits per heavy atom. The van der Waals surface area contributed by atoms with E-state index in [4.69, 9.17) is 59.8 Å². The smallest absolute Gasteiger partial charge is 0.0897 e. The molecule has 0 aliphatic rings. The number of nitrogens with zero attached hydrogens (tertiary/aromatic N) is 12. The zero-order chi connectivity index (χ0) is 101. The first-order chi connectivity index (χ1) is 70.5. The van der Waals surface area contributed by atoms with E-state index in [2.05, 4.69) is 441 Å². The molecule has 12 nitrogen and oxygen atoms in total. The summed E-state index contributed by atoms with van der Waals surface area (Å²) in [6, 6.07) is 117. The highest BCUT2D eigenvalue weighted by molar-refractivity contribution is 5.98. The third kappa shape index (κ3) is 21.1. The Kier molecular flexibility index (Phi) is 29.9. The van der Waals surface area contributed by atoms with Gasteiger partial charge in [0.2, 0.25) is 0 Å². The fraction of sp³-hybridized carbons (Fsp3) is 0.188. The molecule has 0 spiro atoms. The van der Waals surface area contributed by atoms with E-state index in [0.29, 0.717) is 0 Å². The third-order valence-electron chi connectivity index (χ3n) is 26.8. The van der Waals surface area contributed by atoms with Gasteiger partial charge in [0, 0.05) is 64.6 Å². The zero-order valence-electron chi connectivity index (χ0n) is 86.9. The van der Waals surface area contributed by atoms with E-state index >= 15 is 0 Å². The van der Waals surface area contributed by atoms with Crippen molar-refractivity contribution in [2.45, 2.75) is 170 Å². The number of benzene rings is 12. The molecule has 12 heterocycles. The van der Waals surface area contributed by atoms with Crippen LogP contribution >= 0.6 is 0 Å². The van der Waals surface area contributed by atoms with Crippen molar-refractivity contribution < 1.29 is 0 Å². The van der Waals surface area contributed by atoms with E-state index in [0.717, 1.165) is 225 Å². The Balaban J connectivity index is 0.000000130. The molecule has 24 rings (SSSR count). The minimum atomic E-state index is 0.726. The number of aryl methyl sites for hydroxylation is 13. The molecule has 0 amide bonds. The van der Waals surface area contributed by atoms with Gasteiger partial charge in [0.1, 0.15) is 0 Å². The second-order valence-corrected chi connectivity index (χ2v) is 38.4. The Morgan fingerprint density at radius 1 is 0.138 bits per heavy atom. The summed E-state index contributed by atoms with van der Waals surface area (Å²) < 4.78 is 0. The molecule has 145 heavy (non-hydrogen) atoms. The van der Waals surface area contributed by atoms with Crippen LogP contribution in [0.3, 0.4) is 0 Å². The maximum Gasteiger partial charge on any atom is 0.0897 e. The highest BCUT2D eigenvalue weighted by Crippen LogP contribution is 2.40. The molecule has 0 saturated heterocycles. The first-order valence-electron chi connectivity index (χ1n) is 51.0. The fourth-order valence-electron chi connectivity index (χ4n) is 19.3. The van der Waals surface area contributed by atoms with Crippen molar-refractivity contribution in [1.29, 1.82) is 0 Å². The third-order valence-corrected chi connectivity index (χ3v) is 26.8. The number of rotatable bonds is 11. The normalized spacial score (nSPS) is 11.2. The molecule has 0 fully saturated rings. The second-order valence-electron chi connectivity index (χ2n) is 38.4. The predicted molar refractivity (Wildman–Crippen MR) is 615 cm³/mol. The predicted octanol–water partition coefficient (Wildman–Crippen LogP) is 35.0. The van der Waals surface area contributed by atoms with Crippen LogP contribution in [0, 0.1) is 83.1 Å². The van der Waals surface area contributed by atoms with Crippen molar-refractivity contribution in [2.24, 2.45) is 0 Å². The van der Waals surface area contributed by atoms with Crippen LogP contribution in [0.5, 0.6) is 0 Å². The van der Waals surface area contributed by atoms with Gasteiger partial charge in [-0.25, -0.2) is 59.8 Å². The number of pyridine rings is 12. The fourth-order valence-corrected chi connectivity index (χ4v) is 19.3. The van der Waals surface area contributed by atoms with Crippen LogP contribution in [0.15, 0.2) is 334 Å². The first-order valence-corrected chi connectivity index (χ1v) is 51.0. The average molecular weight is 1890 g/mol. The average Bonchev–Trinajstić information content (AvgIpc) is 0.754. The molecule has 0 saturated carbocycles. The van der Waals surface area contributed by atoms with E-state index < -0.39 is 0 Å². The van der Waals surface area contributed by atoms with Crippen molar-refractivity contribution in [3.63, 3.8) is 0 Å². The largest absolute Gasteiger partial charge is 0.246 e. The Morgan fingerprint density at radius 2 is 0.269 bits per heavy atom. The van der Waals surface area contributed by atoms with Crippen molar-refractivity contribution in [3.05, 3.63) is 428 Å². The van der Waals surface area contributed by atoms with Gasteiger partial charge in [0.15, 0.2) is 0 Å². The van der Waals surface area contributed by atoms with Gasteiger partial charge in [0.25, 0.3) is 0 Å². The molecule has 12 aromatic carbocycles. The maximum absolute atomic E-state index is 5.25. The van der Waals surface area contributed by atoms with E-state index in [1.54, 1.807) is 0 Å². The summed E-state index contributed by atoms with van der Waals surface area (Å²) in [6.45, 7) is 40.4. The van der Waals surface area contributed by atoms with Crippen LogP contribution in [0.25, 0.3) is 199 Å². The van der Waals surface area contributed by atoms with Gasteiger partial charge in [-0.3, -0.25) is 0 Å². The lowest BCUT2D eigenvalue weighted by atomic mass is 9.94. The molecule has 12 aromatic heterocycles. The molecule has 0 aliphatic carbocycles. The molecule has 0 bridgehead atoms. The Hall–Kier alpha value is -16.4. The Bertz CT molecular complexity index is 8520. The molecule has 0 N–H and O–H groups in total. The number of para-hydroxylation sites is 12. The summed E-state index contributed by atoms with van der Waals surface area (Å²) in [7, 11) is 0. The molecular formula is C133H124N12. The summed E-state index contributed by atoms with van der Waals surface area (Å²) in [5.74, 6) is 0. The van der Waals surface area contributed by atoms with Gasteiger partial charge in [-0.2, -0.15) is 0 Å². The SMILES string of the molecule is CCC.CCC.CCC.CCc1cc(-c2cc(Cc3cc(-c4ccc5cccc(C)c5n4)nc4c(C)cccc34)c3cccc(C)c3n2)nc2c(C)cccc12.Cc1cccc2ccc(-c3cc(Cc4cc(-c5ccc6cccc(C)c6n5)nc5c(C)cccc45)c4cccc(C)c4n3)nc12.Cc1cccc2ccc(-c3ccc4cccc(C)c4n3)nc12.Cc1cccc2ccc(-c3ccc4cccc(C)c4n3)nc12. The van der Waals surface area contributed by atoms with Gasteiger partial charge < -0.3 is 0 Å². The van der Waals surface area contributed by atoms with E-state index in [1.165, 1.54) is 107 Å². The van der Waals surface area contributed by atoms with E-state index in [-0.39, 0.29) is 0 Å². The topological polar surface area (TPSA) is 155 Å². The number of hydrogen-bond acceptors (Lipinski definition) is 12. The summed E-state index contributed by atoms with van der Waals surface area (Å²) in [6.07, 6.45) is 6.14. The number of hydrogen-bond donors (Lipinski definition) is 0. The second kappa shape index (κ2) is 44.0.